The van der Waals surface area contributed by atoms with Gasteiger partial charge in [0.15, 0.2) is 18.1 Å². The lowest BCUT2D eigenvalue weighted by molar-refractivity contribution is -0.119. The number of rotatable bonds is 5. The maximum atomic E-state index is 10.6. The predicted octanol–water partition coefficient (Wildman–Crippen LogP) is 0.814. The maximum absolute atomic E-state index is 10.6. The van der Waals surface area contributed by atoms with Gasteiger partial charge in [0.25, 0.3) is 5.91 Å². The van der Waals surface area contributed by atoms with E-state index in [2.05, 4.69) is 15.9 Å². The van der Waals surface area contributed by atoms with Crippen LogP contribution in [0.5, 0.6) is 11.5 Å². The molecule has 1 aromatic rings. The van der Waals surface area contributed by atoms with E-state index in [1.165, 1.54) is 7.11 Å². The molecule has 0 unspecified atom stereocenters. The van der Waals surface area contributed by atoms with Gasteiger partial charge in [0.2, 0.25) is 0 Å². The molecule has 0 bridgehead atoms. The van der Waals surface area contributed by atoms with Crippen LogP contribution in [0.15, 0.2) is 16.6 Å². The Hall–Kier alpha value is -1.27. The third-order valence-corrected chi connectivity index (χ3v) is 2.61. The molecule has 0 atom stereocenters. The molecule has 0 fully saturated rings. The summed E-state index contributed by atoms with van der Waals surface area (Å²) < 4.78 is 10.9. The maximum Gasteiger partial charge on any atom is 0.255 e. The standard InChI is InChI=1S/C10H12BrNO4/c1-15-8-2-6(4-13)7(11)3-9(8)16-5-10(12)14/h2-3,13H,4-5H2,1H3,(H2,12,14). The summed E-state index contributed by atoms with van der Waals surface area (Å²) in [5.41, 5.74) is 5.64. The van der Waals surface area contributed by atoms with Gasteiger partial charge in [-0.1, -0.05) is 15.9 Å². The van der Waals surface area contributed by atoms with Crippen molar-refractivity contribution in [2.45, 2.75) is 6.61 Å². The summed E-state index contributed by atoms with van der Waals surface area (Å²) in [5.74, 6) is 0.267. The minimum atomic E-state index is -0.565. The lowest BCUT2D eigenvalue weighted by Crippen LogP contribution is -2.20. The molecule has 1 amide bonds. The quantitative estimate of drug-likeness (QED) is 0.841. The van der Waals surface area contributed by atoms with Gasteiger partial charge >= 0.3 is 0 Å². The number of aliphatic hydroxyl groups is 1. The number of carbonyl (C=O) groups excluding carboxylic acids is 1. The van der Waals surface area contributed by atoms with Gasteiger partial charge in [0.05, 0.1) is 13.7 Å². The summed E-state index contributed by atoms with van der Waals surface area (Å²) in [4.78, 5) is 10.6. The van der Waals surface area contributed by atoms with E-state index in [0.717, 1.165) is 0 Å². The van der Waals surface area contributed by atoms with Crippen LogP contribution in [-0.2, 0) is 11.4 Å². The summed E-state index contributed by atoms with van der Waals surface area (Å²) in [6.07, 6.45) is 0. The molecular formula is C10H12BrNO4. The topological polar surface area (TPSA) is 81.8 Å². The molecule has 0 aromatic heterocycles. The third-order valence-electron chi connectivity index (χ3n) is 1.87. The Morgan fingerprint density at radius 1 is 1.50 bits per heavy atom. The van der Waals surface area contributed by atoms with Gasteiger partial charge in [-0.3, -0.25) is 4.79 Å². The summed E-state index contributed by atoms with van der Waals surface area (Å²) in [7, 11) is 1.47. The van der Waals surface area contributed by atoms with Crippen molar-refractivity contribution in [1.82, 2.24) is 0 Å². The van der Waals surface area contributed by atoms with E-state index in [-0.39, 0.29) is 13.2 Å². The molecule has 0 heterocycles. The molecule has 5 nitrogen and oxygen atoms in total. The Bertz CT molecular complexity index is 395. The lowest BCUT2D eigenvalue weighted by Gasteiger charge is -2.12. The Kier molecular flexibility index (Phi) is 4.57. The molecule has 0 aliphatic carbocycles. The number of hydrogen-bond donors (Lipinski definition) is 2. The highest BCUT2D eigenvalue weighted by atomic mass is 79.9. The Morgan fingerprint density at radius 2 is 2.19 bits per heavy atom. The number of hydrogen-bond acceptors (Lipinski definition) is 4. The highest BCUT2D eigenvalue weighted by Gasteiger charge is 2.10. The van der Waals surface area contributed by atoms with Gasteiger partial charge in [-0.15, -0.1) is 0 Å². The zero-order valence-corrected chi connectivity index (χ0v) is 10.3. The normalized spacial score (nSPS) is 9.94. The van der Waals surface area contributed by atoms with E-state index in [4.69, 9.17) is 20.3 Å². The lowest BCUT2D eigenvalue weighted by atomic mass is 10.2. The molecule has 88 valence electrons. The first-order chi connectivity index (χ1) is 7.58. The van der Waals surface area contributed by atoms with Crippen molar-refractivity contribution in [3.05, 3.63) is 22.2 Å². The van der Waals surface area contributed by atoms with Crippen molar-refractivity contribution in [2.24, 2.45) is 5.73 Å². The van der Waals surface area contributed by atoms with Crippen molar-refractivity contribution >= 4 is 21.8 Å². The van der Waals surface area contributed by atoms with E-state index in [1.807, 2.05) is 0 Å². The van der Waals surface area contributed by atoms with Crippen LogP contribution in [0, 0.1) is 0 Å². The van der Waals surface area contributed by atoms with Crippen LogP contribution in [0.4, 0.5) is 0 Å². The van der Waals surface area contributed by atoms with Crippen molar-refractivity contribution in [1.29, 1.82) is 0 Å². The Labute approximate surface area is 101 Å². The van der Waals surface area contributed by atoms with Crippen LogP contribution in [0.1, 0.15) is 5.56 Å². The average Bonchev–Trinajstić information content (AvgIpc) is 2.26. The smallest absolute Gasteiger partial charge is 0.255 e. The number of halogens is 1. The summed E-state index contributed by atoms with van der Waals surface area (Å²) >= 11 is 3.27. The van der Waals surface area contributed by atoms with Gasteiger partial charge in [-0.2, -0.15) is 0 Å². The molecule has 0 saturated carbocycles. The van der Waals surface area contributed by atoms with E-state index in [9.17, 15) is 4.79 Å². The number of carbonyl (C=O) groups is 1. The van der Waals surface area contributed by atoms with Gasteiger partial charge in [-0.25, -0.2) is 0 Å². The van der Waals surface area contributed by atoms with Crippen LogP contribution >= 0.6 is 15.9 Å². The number of benzene rings is 1. The highest BCUT2D eigenvalue weighted by Crippen LogP contribution is 2.33. The van der Waals surface area contributed by atoms with Crippen molar-refractivity contribution < 1.29 is 19.4 Å². The second kappa shape index (κ2) is 5.72. The minimum Gasteiger partial charge on any atom is -0.493 e. The fourth-order valence-corrected chi connectivity index (χ4v) is 1.57. The second-order valence-electron chi connectivity index (χ2n) is 3.01. The fraction of sp³-hybridized carbons (Fsp3) is 0.300. The second-order valence-corrected chi connectivity index (χ2v) is 3.86. The molecule has 16 heavy (non-hydrogen) atoms. The molecule has 0 aliphatic rings. The van der Waals surface area contributed by atoms with Gasteiger partial charge < -0.3 is 20.3 Å². The van der Waals surface area contributed by atoms with Gasteiger partial charge in [-0.05, 0) is 17.7 Å². The Balaban J connectivity index is 2.98. The van der Waals surface area contributed by atoms with Crippen LogP contribution in [-0.4, -0.2) is 24.7 Å². The van der Waals surface area contributed by atoms with Crippen molar-refractivity contribution in [2.75, 3.05) is 13.7 Å². The monoisotopic (exact) mass is 289 g/mol. The first-order valence-corrected chi connectivity index (χ1v) is 5.26. The van der Waals surface area contributed by atoms with Gasteiger partial charge in [0.1, 0.15) is 0 Å². The number of ether oxygens (including phenoxy) is 2. The molecule has 0 aliphatic heterocycles. The zero-order chi connectivity index (χ0) is 12.1. The number of nitrogens with two attached hydrogens (primary N) is 1. The summed E-state index contributed by atoms with van der Waals surface area (Å²) in [5, 5.41) is 9.05. The van der Waals surface area contributed by atoms with Gasteiger partial charge in [0, 0.05) is 4.47 Å². The largest absolute Gasteiger partial charge is 0.493 e. The number of primary amides is 1. The fourth-order valence-electron chi connectivity index (χ4n) is 1.12. The summed E-state index contributed by atoms with van der Waals surface area (Å²) in [6, 6.07) is 3.24. The van der Waals surface area contributed by atoms with E-state index in [1.54, 1.807) is 12.1 Å². The molecule has 1 aromatic carbocycles. The van der Waals surface area contributed by atoms with Crippen LogP contribution < -0.4 is 15.2 Å². The SMILES string of the molecule is COc1cc(CO)c(Br)cc1OCC(N)=O. The third kappa shape index (κ3) is 3.11. The number of aliphatic hydroxyl groups excluding tert-OH is 1. The molecule has 0 spiro atoms. The zero-order valence-electron chi connectivity index (χ0n) is 8.70. The molecule has 0 saturated heterocycles. The minimum absolute atomic E-state index is 0.118. The number of methoxy groups -OCH3 is 1. The van der Waals surface area contributed by atoms with Crippen molar-refractivity contribution in [3.8, 4) is 11.5 Å². The molecular weight excluding hydrogens is 278 g/mol. The van der Waals surface area contributed by atoms with Crippen LogP contribution in [0.3, 0.4) is 0 Å². The highest BCUT2D eigenvalue weighted by molar-refractivity contribution is 9.10. The average molecular weight is 290 g/mol. The molecule has 3 N–H and O–H groups in total. The van der Waals surface area contributed by atoms with Crippen LogP contribution in [0.25, 0.3) is 0 Å². The number of amides is 1. The van der Waals surface area contributed by atoms with E-state index < -0.39 is 5.91 Å². The van der Waals surface area contributed by atoms with Crippen LogP contribution in [0.2, 0.25) is 0 Å². The predicted molar refractivity (Wildman–Crippen MR) is 61.3 cm³/mol. The van der Waals surface area contributed by atoms with E-state index in [0.29, 0.717) is 21.5 Å². The molecule has 1 rings (SSSR count). The van der Waals surface area contributed by atoms with E-state index >= 15 is 0 Å². The first kappa shape index (κ1) is 12.8. The molecule has 6 heteroatoms. The summed E-state index contributed by atoms with van der Waals surface area (Å²) in [6.45, 7) is -0.339. The first-order valence-electron chi connectivity index (χ1n) is 4.46. The van der Waals surface area contributed by atoms with Crippen molar-refractivity contribution in [3.63, 3.8) is 0 Å². The molecule has 0 radical (unpaired) electrons. The Morgan fingerprint density at radius 3 is 2.69 bits per heavy atom.